The molecule has 4 heterocycles. The van der Waals surface area contributed by atoms with Gasteiger partial charge in [-0.15, -0.1) is 0 Å². The highest BCUT2D eigenvalue weighted by atomic mass is 16.3. The third kappa shape index (κ3) is 7.33. The molecular weight excluding hydrogens is 472 g/mol. The van der Waals surface area contributed by atoms with Gasteiger partial charge in [0.2, 0.25) is 0 Å². The van der Waals surface area contributed by atoms with Gasteiger partial charge in [0.05, 0.1) is 5.39 Å². The van der Waals surface area contributed by atoms with Crippen molar-refractivity contribution in [3.05, 3.63) is 83.1 Å². The highest BCUT2D eigenvalue weighted by Gasteiger charge is 2.26. The second-order valence-corrected chi connectivity index (χ2v) is 11.5. The van der Waals surface area contributed by atoms with Crippen molar-refractivity contribution in [3.8, 4) is 0 Å². The summed E-state index contributed by atoms with van der Waals surface area (Å²) in [6.45, 7) is 12.9. The molecule has 38 heavy (non-hydrogen) atoms. The van der Waals surface area contributed by atoms with Gasteiger partial charge in [-0.2, -0.15) is 0 Å². The Balaban J connectivity index is 0.000000617. The molecule has 1 aliphatic heterocycles. The van der Waals surface area contributed by atoms with Crippen LogP contribution in [0.2, 0.25) is 0 Å². The molecule has 0 fully saturated rings. The first-order chi connectivity index (χ1) is 18.1. The zero-order valence-electron chi connectivity index (χ0n) is 23.5. The molecule has 200 valence electrons. The van der Waals surface area contributed by atoms with Gasteiger partial charge < -0.3 is 15.3 Å². The molecule has 2 N–H and O–H groups in total. The molecule has 0 amide bonds. The smallest absolute Gasteiger partial charge is 0.165 e. The van der Waals surface area contributed by atoms with Crippen LogP contribution in [-0.2, 0) is 19.4 Å². The highest BCUT2D eigenvalue weighted by Crippen LogP contribution is 2.32. The molecule has 7 nitrogen and oxygen atoms in total. The Labute approximate surface area is 226 Å². The molecule has 0 unspecified atom stereocenters. The van der Waals surface area contributed by atoms with Crippen molar-refractivity contribution in [2.45, 2.75) is 54.0 Å². The number of aliphatic hydroxyl groups excluding tert-OH is 1. The third-order valence-electron chi connectivity index (χ3n) is 6.46. The van der Waals surface area contributed by atoms with E-state index >= 15 is 0 Å². The first-order valence-electron chi connectivity index (χ1n) is 13.3. The molecule has 4 aromatic rings. The number of nitrogens with zero attached hydrogens (tertiary/aromatic N) is 5. The zero-order chi connectivity index (χ0) is 27.3. The van der Waals surface area contributed by atoms with Crippen molar-refractivity contribution < 1.29 is 5.11 Å². The van der Waals surface area contributed by atoms with Crippen molar-refractivity contribution in [1.29, 1.82) is 0 Å². The van der Waals surface area contributed by atoms with Crippen molar-refractivity contribution in [2.24, 2.45) is 11.3 Å². The van der Waals surface area contributed by atoms with Crippen LogP contribution >= 0.6 is 0 Å². The SMILES string of the molecule is CC(C)CO.Cc1nc(Nc2ccc3c(c2)CN(C)CC(C)(C)C3)c2ccc(Cc3ccccn3)nc2n1. The van der Waals surface area contributed by atoms with Gasteiger partial charge in [0.15, 0.2) is 5.65 Å². The molecule has 0 radical (unpaired) electrons. The van der Waals surface area contributed by atoms with Crippen LogP contribution in [0.3, 0.4) is 0 Å². The van der Waals surface area contributed by atoms with Crippen molar-refractivity contribution in [3.63, 3.8) is 0 Å². The lowest BCUT2D eigenvalue weighted by molar-refractivity contribution is 0.215. The number of anilines is 2. The number of hydrogen-bond donors (Lipinski definition) is 2. The lowest BCUT2D eigenvalue weighted by atomic mass is 9.85. The summed E-state index contributed by atoms with van der Waals surface area (Å²) in [5.74, 6) is 1.93. The Morgan fingerprint density at radius 2 is 1.79 bits per heavy atom. The van der Waals surface area contributed by atoms with Crippen LogP contribution in [-0.4, -0.2) is 50.1 Å². The summed E-state index contributed by atoms with van der Waals surface area (Å²) in [5.41, 5.74) is 6.76. The Bertz CT molecular complexity index is 1370. The van der Waals surface area contributed by atoms with Gasteiger partial charge >= 0.3 is 0 Å². The summed E-state index contributed by atoms with van der Waals surface area (Å²) in [6.07, 6.45) is 3.58. The van der Waals surface area contributed by atoms with Gasteiger partial charge in [-0.1, -0.05) is 39.8 Å². The van der Waals surface area contributed by atoms with Crippen LogP contribution in [0.15, 0.2) is 54.7 Å². The summed E-state index contributed by atoms with van der Waals surface area (Å²) in [7, 11) is 2.20. The van der Waals surface area contributed by atoms with E-state index in [1.807, 2.05) is 51.2 Å². The molecule has 0 saturated heterocycles. The zero-order valence-corrected chi connectivity index (χ0v) is 23.5. The monoisotopic (exact) mass is 512 g/mol. The van der Waals surface area contributed by atoms with Crippen LogP contribution < -0.4 is 5.32 Å². The number of aryl methyl sites for hydroxylation is 1. The van der Waals surface area contributed by atoms with Gasteiger partial charge in [0.25, 0.3) is 0 Å². The third-order valence-corrected chi connectivity index (χ3v) is 6.46. The second kappa shape index (κ2) is 12.0. The number of rotatable bonds is 5. The minimum atomic E-state index is 0.271. The molecule has 5 rings (SSSR count). The molecule has 0 bridgehead atoms. The van der Waals surface area contributed by atoms with E-state index in [2.05, 4.69) is 65.3 Å². The average molecular weight is 513 g/mol. The summed E-state index contributed by atoms with van der Waals surface area (Å²) in [5, 5.41) is 12.6. The van der Waals surface area contributed by atoms with Gasteiger partial charge in [0.1, 0.15) is 11.6 Å². The lowest BCUT2D eigenvalue weighted by Crippen LogP contribution is -2.29. The number of fused-ring (bicyclic) bond motifs is 2. The first-order valence-corrected chi connectivity index (χ1v) is 13.3. The van der Waals surface area contributed by atoms with Gasteiger partial charge in [-0.05, 0) is 79.3 Å². The van der Waals surface area contributed by atoms with E-state index < -0.39 is 0 Å². The van der Waals surface area contributed by atoms with Crippen LogP contribution in [0.1, 0.15) is 56.0 Å². The average Bonchev–Trinajstić information content (AvgIpc) is 2.97. The summed E-state index contributed by atoms with van der Waals surface area (Å²) in [4.78, 5) is 20.9. The van der Waals surface area contributed by atoms with E-state index in [1.165, 1.54) is 11.1 Å². The predicted octanol–water partition coefficient (Wildman–Crippen LogP) is 5.71. The fourth-order valence-corrected chi connectivity index (χ4v) is 4.85. The molecule has 3 aromatic heterocycles. The summed E-state index contributed by atoms with van der Waals surface area (Å²) in [6, 6.07) is 16.7. The Morgan fingerprint density at radius 3 is 2.50 bits per heavy atom. The maximum atomic E-state index is 8.14. The number of nitrogens with one attached hydrogen (secondary N) is 1. The van der Waals surface area contributed by atoms with Gasteiger partial charge in [-0.25, -0.2) is 15.0 Å². The maximum Gasteiger partial charge on any atom is 0.165 e. The minimum absolute atomic E-state index is 0.271. The molecule has 0 atom stereocenters. The Morgan fingerprint density at radius 1 is 1.00 bits per heavy atom. The Kier molecular flexibility index (Phi) is 8.69. The molecule has 1 aliphatic rings. The summed E-state index contributed by atoms with van der Waals surface area (Å²) < 4.78 is 0. The van der Waals surface area contributed by atoms with Crippen molar-refractivity contribution >= 4 is 22.5 Å². The number of aromatic nitrogens is 4. The minimum Gasteiger partial charge on any atom is -0.396 e. The molecule has 0 aliphatic carbocycles. The number of benzene rings is 1. The normalized spacial score (nSPS) is 14.9. The van der Waals surface area contributed by atoms with Crippen LogP contribution in [0, 0.1) is 18.3 Å². The van der Waals surface area contributed by atoms with E-state index in [-0.39, 0.29) is 5.41 Å². The molecular formula is C31H40N6O. The van der Waals surface area contributed by atoms with E-state index in [0.717, 1.165) is 47.8 Å². The number of aliphatic hydroxyl groups is 1. The van der Waals surface area contributed by atoms with E-state index in [4.69, 9.17) is 15.1 Å². The second-order valence-electron chi connectivity index (χ2n) is 11.5. The quantitative estimate of drug-likeness (QED) is 0.354. The van der Waals surface area contributed by atoms with Crippen LogP contribution in [0.25, 0.3) is 11.0 Å². The highest BCUT2D eigenvalue weighted by molar-refractivity contribution is 5.88. The molecule has 0 saturated carbocycles. The van der Waals surface area contributed by atoms with Crippen molar-refractivity contribution in [2.75, 3.05) is 25.5 Å². The maximum absolute atomic E-state index is 8.14. The topological polar surface area (TPSA) is 87.1 Å². The Hall–Kier alpha value is -3.42. The van der Waals surface area contributed by atoms with Gasteiger partial charge in [0, 0.05) is 49.4 Å². The van der Waals surface area contributed by atoms with Crippen LogP contribution in [0.4, 0.5) is 11.5 Å². The van der Waals surface area contributed by atoms with Crippen molar-refractivity contribution in [1.82, 2.24) is 24.8 Å². The first kappa shape index (κ1) is 27.6. The van der Waals surface area contributed by atoms with Crippen LogP contribution in [0.5, 0.6) is 0 Å². The molecule has 7 heteroatoms. The van der Waals surface area contributed by atoms with E-state index in [1.54, 1.807) is 0 Å². The fraction of sp³-hybridized carbons (Fsp3) is 0.419. The fourth-order valence-electron chi connectivity index (χ4n) is 4.85. The number of hydrogen-bond acceptors (Lipinski definition) is 7. The van der Waals surface area contributed by atoms with E-state index in [9.17, 15) is 0 Å². The lowest BCUT2D eigenvalue weighted by Gasteiger charge is -2.26. The molecule has 1 aromatic carbocycles. The van der Waals surface area contributed by atoms with Gasteiger partial charge in [-0.3, -0.25) is 4.98 Å². The standard InChI is InChI=1S/C27H30N6.C4H10O/c1-18-29-25(24-11-10-23(32-26(24)30-18)14-21-7-5-6-12-28-21)31-22-9-8-19-15-27(2,3)17-33(4)16-20(19)13-22;1-4(2)3-5/h5-13H,14-17H2,1-4H3,(H,29,30,31,32);4-5H,3H2,1-2H3. The largest absolute Gasteiger partial charge is 0.396 e. The predicted molar refractivity (Wildman–Crippen MR) is 155 cm³/mol. The number of pyridine rings is 2. The van der Waals surface area contributed by atoms with E-state index in [0.29, 0.717) is 30.4 Å². The molecule has 0 spiro atoms. The summed E-state index contributed by atoms with van der Waals surface area (Å²) >= 11 is 0.